The fourth-order valence-corrected chi connectivity index (χ4v) is 3.96. The van der Waals surface area contributed by atoms with Crippen molar-refractivity contribution in [1.82, 2.24) is 9.88 Å². The summed E-state index contributed by atoms with van der Waals surface area (Å²) in [5.41, 5.74) is 1.24. The Morgan fingerprint density at radius 2 is 1.90 bits per heavy atom. The number of likely N-dealkylation sites (N-methyl/N-ethyl adjacent to an activating group) is 1. The van der Waals surface area contributed by atoms with Crippen LogP contribution in [0.2, 0.25) is 0 Å². The van der Waals surface area contributed by atoms with Gasteiger partial charge in [0.25, 0.3) is 0 Å². The Bertz CT molecular complexity index is 897. The van der Waals surface area contributed by atoms with E-state index < -0.39 is 11.8 Å². The van der Waals surface area contributed by atoms with Gasteiger partial charge in [-0.05, 0) is 63.9 Å². The Labute approximate surface area is 184 Å². The van der Waals surface area contributed by atoms with Gasteiger partial charge in [0.05, 0.1) is 5.92 Å². The van der Waals surface area contributed by atoms with Crippen LogP contribution in [0.1, 0.15) is 51.5 Å². The van der Waals surface area contributed by atoms with Crippen LogP contribution in [0.5, 0.6) is 5.75 Å². The lowest BCUT2D eigenvalue weighted by Crippen LogP contribution is -2.43. The maximum Gasteiger partial charge on any atom is 0.514 e. The van der Waals surface area contributed by atoms with E-state index in [9.17, 15) is 9.59 Å². The third-order valence-electron chi connectivity index (χ3n) is 5.78. The number of ether oxygens (including phenoxy) is 3. The molecule has 1 N–H and O–H groups in total. The fraction of sp³-hybridized carbons (Fsp3) is 0.583. The molecule has 7 nitrogen and oxygen atoms in total. The van der Waals surface area contributed by atoms with Crippen molar-refractivity contribution >= 4 is 23.0 Å². The number of H-pyrrole nitrogens is 1. The fourth-order valence-electron chi connectivity index (χ4n) is 3.96. The summed E-state index contributed by atoms with van der Waals surface area (Å²) in [4.78, 5) is 30.1. The average molecular weight is 431 g/mol. The van der Waals surface area contributed by atoms with Crippen molar-refractivity contribution in [2.24, 2.45) is 5.92 Å². The molecule has 2 aromatic rings. The lowest BCUT2D eigenvalue weighted by atomic mass is 9.85. The topological polar surface area (TPSA) is 80.9 Å². The summed E-state index contributed by atoms with van der Waals surface area (Å²) >= 11 is 0. The maximum absolute atomic E-state index is 12.6. The number of carbonyl (C=O) groups excluding carboxylic acids is 2. The SMILES string of the molecule is CC(C)C(=O)OC1(COC(=O)Oc2cccc3[nH]cc(CCN(C)C)c23)CCCCC1. The molecule has 0 unspecified atom stereocenters. The van der Waals surface area contributed by atoms with E-state index in [-0.39, 0.29) is 18.5 Å². The van der Waals surface area contributed by atoms with Crippen LogP contribution < -0.4 is 4.74 Å². The molecule has 0 saturated heterocycles. The van der Waals surface area contributed by atoms with Gasteiger partial charge >= 0.3 is 12.1 Å². The predicted octanol–water partition coefficient (Wildman–Crippen LogP) is 4.69. The third-order valence-corrected chi connectivity index (χ3v) is 5.78. The molecule has 3 rings (SSSR count). The first kappa shape index (κ1) is 23.1. The van der Waals surface area contributed by atoms with E-state index in [0.29, 0.717) is 18.6 Å². The molecule has 0 atom stereocenters. The van der Waals surface area contributed by atoms with Gasteiger partial charge in [0.15, 0.2) is 0 Å². The number of carbonyl (C=O) groups is 2. The molecule has 0 aliphatic heterocycles. The van der Waals surface area contributed by atoms with E-state index in [4.69, 9.17) is 14.2 Å². The molecule has 1 aliphatic rings. The van der Waals surface area contributed by atoms with Crippen molar-refractivity contribution in [2.45, 2.75) is 58.0 Å². The van der Waals surface area contributed by atoms with E-state index in [1.807, 2.05) is 32.4 Å². The summed E-state index contributed by atoms with van der Waals surface area (Å²) in [5.74, 6) is -0.0200. The van der Waals surface area contributed by atoms with E-state index in [1.165, 1.54) is 0 Å². The first-order valence-electron chi connectivity index (χ1n) is 11.1. The van der Waals surface area contributed by atoms with Crippen molar-refractivity contribution in [3.05, 3.63) is 30.0 Å². The second-order valence-electron chi connectivity index (χ2n) is 9.01. The smallest absolute Gasteiger partial charge is 0.455 e. The number of esters is 1. The van der Waals surface area contributed by atoms with Crippen LogP contribution in [0.25, 0.3) is 10.9 Å². The summed E-state index contributed by atoms with van der Waals surface area (Å²) in [5, 5.41) is 0.889. The number of aromatic amines is 1. The van der Waals surface area contributed by atoms with Gasteiger partial charge < -0.3 is 24.1 Å². The third kappa shape index (κ3) is 6.00. The van der Waals surface area contributed by atoms with E-state index >= 15 is 0 Å². The quantitative estimate of drug-likeness (QED) is 0.483. The number of nitrogens with zero attached hydrogens (tertiary/aromatic N) is 1. The molecule has 1 fully saturated rings. The average Bonchev–Trinajstić information content (AvgIpc) is 3.15. The Kier molecular flexibility index (Phi) is 7.59. The molecular weight excluding hydrogens is 396 g/mol. The van der Waals surface area contributed by atoms with Gasteiger partial charge in [-0.2, -0.15) is 0 Å². The lowest BCUT2D eigenvalue weighted by molar-refractivity contribution is -0.173. The Hall–Kier alpha value is -2.54. The van der Waals surface area contributed by atoms with Gasteiger partial charge in [0, 0.05) is 23.6 Å². The Morgan fingerprint density at radius 1 is 1.16 bits per heavy atom. The number of fused-ring (bicyclic) bond motifs is 1. The molecule has 0 spiro atoms. The van der Waals surface area contributed by atoms with Crippen LogP contribution in [0, 0.1) is 5.92 Å². The van der Waals surface area contributed by atoms with E-state index in [0.717, 1.165) is 48.7 Å². The monoisotopic (exact) mass is 430 g/mol. The van der Waals surface area contributed by atoms with Crippen LogP contribution in [-0.2, 0) is 20.7 Å². The zero-order valence-electron chi connectivity index (χ0n) is 19.0. The summed E-state index contributed by atoms with van der Waals surface area (Å²) in [6, 6.07) is 5.56. The standard InChI is InChI=1S/C24H34N2O5/c1-17(2)22(27)31-24(12-6-5-7-13-24)16-29-23(28)30-20-10-8-9-19-21(20)18(15-25-19)11-14-26(3)4/h8-10,15,17,25H,5-7,11-14,16H2,1-4H3. The van der Waals surface area contributed by atoms with E-state index in [1.54, 1.807) is 19.9 Å². The summed E-state index contributed by atoms with van der Waals surface area (Å²) in [6.45, 7) is 4.51. The number of benzene rings is 1. The van der Waals surface area contributed by atoms with E-state index in [2.05, 4.69) is 9.88 Å². The predicted molar refractivity (Wildman–Crippen MR) is 119 cm³/mol. The van der Waals surface area contributed by atoms with Gasteiger partial charge in [-0.1, -0.05) is 26.3 Å². The van der Waals surface area contributed by atoms with Crippen LogP contribution in [-0.4, -0.2) is 54.9 Å². The second-order valence-corrected chi connectivity index (χ2v) is 9.01. The van der Waals surface area contributed by atoms with Gasteiger partial charge in [0.1, 0.15) is 18.0 Å². The van der Waals surface area contributed by atoms with Gasteiger partial charge in [-0.25, -0.2) is 4.79 Å². The summed E-state index contributed by atoms with van der Waals surface area (Å²) < 4.78 is 16.9. The first-order chi connectivity index (χ1) is 14.8. The van der Waals surface area contributed by atoms with Crippen LogP contribution >= 0.6 is 0 Å². The molecule has 1 saturated carbocycles. The molecule has 0 amide bonds. The minimum absolute atomic E-state index is 0.0148. The lowest BCUT2D eigenvalue weighted by Gasteiger charge is -2.36. The van der Waals surface area contributed by atoms with Gasteiger partial charge in [-0.3, -0.25) is 4.79 Å². The number of nitrogens with one attached hydrogen (secondary N) is 1. The van der Waals surface area contributed by atoms with Crippen molar-refractivity contribution in [3.8, 4) is 5.75 Å². The molecule has 0 bridgehead atoms. The largest absolute Gasteiger partial charge is 0.514 e. The van der Waals surface area contributed by atoms with Crippen molar-refractivity contribution < 1.29 is 23.8 Å². The molecule has 7 heteroatoms. The molecule has 170 valence electrons. The van der Waals surface area contributed by atoms with Crippen LogP contribution in [0.15, 0.2) is 24.4 Å². The second kappa shape index (κ2) is 10.2. The normalized spacial score (nSPS) is 15.9. The number of hydrogen-bond donors (Lipinski definition) is 1. The van der Waals surface area contributed by atoms with Crippen LogP contribution in [0.3, 0.4) is 0 Å². The van der Waals surface area contributed by atoms with Crippen molar-refractivity contribution in [1.29, 1.82) is 0 Å². The summed E-state index contributed by atoms with van der Waals surface area (Å²) in [6.07, 6.45) is 6.38. The highest BCUT2D eigenvalue weighted by molar-refractivity contribution is 5.90. The number of rotatable bonds is 8. The molecule has 31 heavy (non-hydrogen) atoms. The Morgan fingerprint density at radius 3 is 2.58 bits per heavy atom. The minimum atomic E-state index is -0.780. The summed E-state index contributed by atoms with van der Waals surface area (Å²) in [7, 11) is 4.05. The van der Waals surface area contributed by atoms with Crippen molar-refractivity contribution in [3.63, 3.8) is 0 Å². The zero-order chi connectivity index (χ0) is 22.4. The van der Waals surface area contributed by atoms with Crippen LogP contribution in [0.4, 0.5) is 4.79 Å². The molecule has 1 aromatic heterocycles. The Balaban J connectivity index is 1.69. The first-order valence-corrected chi connectivity index (χ1v) is 11.1. The zero-order valence-corrected chi connectivity index (χ0v) is 19.0. The van der Waals surface area contributed by atoms with Crippen molar-refractivity contribution in [2.75, 3.05) is 27.2 Å². The molecule has 0 radical (unpaired) electrons. The minimum Gasteiger partial charge on any atom is -0.455 e. The molecular formula is C24H34N2O5. The number of hydrogen-bond acceptors (Lipinski definition) is 6. The highest BCUT2D eigenvalue weighted by Gasteiger charge is 2.38. The van der Waals surface area contributed by atoms with Gasteiger partial charge in [0.2, 0.25) is 0 Å². The van der Waals surface area contributed by atoms with Gasteiger partial charge in [-0.15, -0.1) is 0 Å². The number of aromatic nitrogens is 1. The molecule has 1 aromatic carbocycles. The molecule has 1 heterocycles. The highest BCUT2D eigenvalue weighted by atomic mass is 16.7. The highest BCUT2D eigenvalue weighted by Crippen LogP contribution is 2.34. The molecule has 1 aliphatic carbocycles. The maximum atomic E-state index is 12.6.